The molecule has 15 heavy (non-hydrogen) atoms. The molecule has 0 saturated heterocycles. The fourth-order valence-electron chi connectivity index (χ4n) is 1.21. The van der Waals surface area contributed by atoms with Gasteiger partial charge in [-0.3, -0.25) is 0 Å². The van der Waals surface area contributed by atoms with Crippen molar-refractivity contribution in [1.29, 1.82) is 0 Å². The Kier molecular flexibility index (Phi) is 12.2. The second kappa shape index (κ2) is 10.5. The summed E-state index contributed by atoms with van der Waals surface area (Å²) in [5, 5.41) is 3.21. The van der Waals surface area contributed by atoms with Crippen molar-refractivity contribution in [3.05, 3.63) is 0 Å². The number of hydrogen-bond acceptors (Lipinski definition) is 6. The molecule has 0 unspecified atom stereocenters. The average Bonchev–Trinajstić information content (AvgIpc) is 2.24. The first kappa shape index (κ1) is 17.4. The van der Waals surface area contributed by atoms with Crippen LogP contribution < -0.4 is 17.2 Å². The Bertz CT molecular complexity index is 128. The summed E-state index contributed by atoms with van der Waals surface area (Å²) in [6, 6.07) is 0.827. The fourth-order valence-corrected chi connectivity index (χ4v) is 2.94. The summed E-state index contributed by atoms with van der Waals surface area (Å²) in [5.74, 6) is 0. The Labute approximate surface area is 93.4 Å². The highest BCUT2D eigenvalue weighted by Crippen LogP contribution is 2.13. The van der Waals surface area contributed by atoms with Gasteiger partial charge in [-0.05, 0) is 13.0 Å². The zero-order chi connectivity index (χ0) is 10.9. The molecule has 0 aromatic heterocycles. The van der Waals surface area contributed by atoms with E-state index >= 15 is 0 Å². The summed E-state index contributed by atoms with van der Waals surface area (Å²) >= 11 is 0. The molecule has 6 nitrogen and oxygen atoms in total. The van der Waals surface area contributed by atoms with E-state index in [9.17, 15) is 0 Å². The summed E-state index contributed by atoms with van der Waals surface area (Å²) in [6.45, 7) is 2.44. The Morgan fingerprint density at radius 2 is 1.60 bits per heavy atom. The van der Waals surface area contributed by atoms with E-state index in [0.29, 0.717) is 6.54 Å². The molecule has 0 radical (unpaired) electrons. The fraction of sp³-hybridized carbons (Fsp3) is 1.00. The van der Waals surface area contributed by atoms with Gasteiger partial charge in [-0.15, -0.1) is 0 Å². The van der Waals surface area contributed by atoms with Crippen LogP contribution in [-0.4, -0.2) is 49.8 Å². The molecule has 0 saturated carbocycles. The summed E-state index contributed by atoms with van der Waals surface area (Å²) in [5.41, 5.74) is 5.35. The first-order valence-corrected chi connectivity index (χ1v) is 6.74. The van der Waals surface area contributed by atoms with Crippen LogP contribution in [0.3, 0.4) is 0 Å². The van der Waals surface area contributed by atoms with Crippen molar-refractivity contribution in [1.82, 2.24) is 11.5 Å². The van der Waals surface area contributed by atoms with Crippen LogP contribution >= 0.6 is 0 Å². The quantitative estimate of drug-likeness (QED) is 0.386. The largest absolute Gasteiger partial charge is 0.500 e. The zero-order valence-electron chi connectivity index (χ0n) is 10.0. The first-order chi connectivity index (χ1) is 6.74. The minimum atomic E-state index is -2.35. The van der Waals surface area contributed by atoms with Gasteiger partial charge in [-0.2, -0.15) is 0 Å². The molecule has 0 aromatic carbocycles. The Morgan fingerprint density at radius 3 is 2.00 bits per heavy atom. The summed E-state index contributed by atoms with van der Waals surface area (Å²) in [4.78, 5) is 0. The zero-order valence-corrected chi connectivity index (χ0v) is 11.0. The number of nitrogens with one attached hydrogen (secondary N) is 1. The van der Waals surface area contributed by atoms with Crippen LogP contribution in [0.25, 0.3) is 0 Å². The lowest BCUT2D eigenvalue weighted by Crippen LogP contribution is -2.43. The SMILES string of the molecule is CO[Si](CCCNCCN)(OC)OC.N. The molecule has 0 bridgehead atoms. The third-order valence-corrected chi connectivity index (χ3v) is 4.92. The maximum Gasteiger partial charge on any atom is 0.500 e. The van der Waals surface area contributed by atoms with Crippen molar-refractivity contribution >= 4 is 8.80 Å². The van der Waals surface area contributed by atoms with Gasteiger partial charge in [0, 0.05) is 40.5 Å². The van der Waals surface area contributed by atoms with E-state index in [4.69, 9.17) is 19.0 Å². The molecule has 0 aliphatic rings. The van der Waals surface area contributed by atoms with Crippen molar-refractivity contribution in [2.75, 3.05) is 41.0 Å². The molecule has 6 N–H and O–H groups in total. The molecular formula is C8H25N3O3Si. The maximum atomic E-state index is 5.35. The monoisotopic (exact) mass is 239 g/mol. The number of nitrogens with two attached hydrogens (primary N) is 1. The lowest BCUT2D eigenvalue weighted by atomic mass is 10.5. The van der Waals surface area contributed by atoms with Crippen molar-refractivity contribution < 1.29 is 13.3 Å². The van der Waals surface area contributed by atoms with E-state index < -0.39 is 8.80 Å². The topological polar surface area (TPSA) is 101 Å². The smallest absolute Gasteiger partial charge is 0.377 e. The van der Waals surface area contributed by atoms with Crippen LogP contribution in [0.15, 0.2) is 0 Å². The molecule has 0 rings (SSSR count). The summed E-state index contributed by atoms with van der Waals surface area (Å²) in [6.07, 6.45) is 0.974. The molecule has 0 atom stereocenters. The second-order valence-corrected chi connectivity index (χ2v) is 6.03. The first-order valence-electron chi connectivity index (χ1n) is 4.81. The van der Waals surface area contributed by atoms with Gasteiger partial charge in [-0.25, -0.2) is 0 Å². The standard InChI is InChI=1S/C8H22N2O3Si.H3N/c1-11-14(12-2,13-3)8-4-6-10-7-5-9;/h10H,4-9H2,1-3H3;1H3. The Morgan fingerprint density at radius 1 is 1.07 bits per heavy atom. The van der Waals surface area contributed by atoms with E-state index in [1.165, 1.54) is 0 Å². The van der Waals surface area contributed by atoms with Gasteiger partial charge in [0.25, 0.3) is 0 Å². The minimum Gasteiger partial charge on any atom is -0.377 e. The van der Waals surface area contributed by atoms with Crippen molar-refractivity contribution in [3.8, 4) is 0 Å². The van der Waals surface area contributed by atoms with Gasteiger partial charge in [0.15, 0.2) is 0 Å². The van der Waals surface area contributed by atoms with Crippen LogP contribution in [0.5, 0.6) is 0 Å². The van der Waals surface area contributed by atoms with E-state index in [1.807, 2.05) is 0 Å². The van der Waals surface area contributed by atoms with Gasteiger partial charge in [-0.1, -0.05) is 0 Å². The third kappa shape index (κ3) is 6.96. The van der Waals surface area contributed by atoms with Crippen molar-refractivity contribution in [2.24, 2.45) is 5.73 Å². The van der Waals surface area contributed by atoms with Gasteiger partial charge < -0.3 is 30.5 Å². The van der Waals surface area contributed by atoms with E-state index in [0.717, 1.165) is 25.6 Å². The molecular weight excluding hydrogens is 214 g/mol. The molecule has 0 aliphatic heterocycles. The second-order valence-electron chi connectivity index (χ2n) is 2.94. The van der Waals surface area contributed by atoms with Gasteiger partial charge in [0.05, 0.1) is 0 Å². The molecule has 0 fully saturated rings. The highest BCUT2D eigenvalue weighted by Gasteiger charge is 2.36. The van der Waals surface area contributed by atoms with Gasteiger partial charge >= 0.3 is 8.80 Å². The number of hydrogen-bond donors (Lipinski definition) is 3. The normalized spacial score (nSPS) is 11.2. The lowest BCUT2D eigenvalue weighted by molar-refractivity contribution is 0.123. The average molecular weight is 239 g/mol. The number of rotatable bonds is 9. The Balaban J connectivity index is 0. The van der Waals surface area contributed by atoms with E-state index in [2.05, 4.69) is 5.32 Å². The van der Waals surface area contributed by atoms with Crippen LogP contribution in [0.4, 0.5) is 0 Å². The summed E-state index contributed by atoms with van der Waals surface area (Å²) < 4.78 is 15.9. The molecule has 7 heteroatoms. The van der Waals surface area contributed by atoms with E-state index in [1.54, 1.807) is 21.3 Å². The molecule has 0 amide bonds. The van der Waals surface area contributed by atoms with Crippen LogP contribution in [0.2, 0.25) is 6.04 Å². The molecule has 94 valence electrons. The highest BCUT2D eigenvalue weighted by molar-refractivity contribution is 6.60. The van der Waals surface area contributed by atoms with Gasteiger partial charge in [0.1, 0.15) is 0 Å². The minimum absolute atomic E-state index is 0. The Hall–Kier alpha value is -0.0231. The maximum absolute atomic E-state index is 5.35. The van der Waals surface area contributed by atoms with Crippen LogP contribution in [0, 0.1) is 0 Å². The highest BCUT2D eigenvalue weighted by atomic mass is 28.4. The molecule has 0 aromatic rings. The molecule has 0 aliphatic carbocycles. The van der Waals surface area contributed by atoms with Crippen LogP contribution in [0.1, 0.15) is 6.42 Å². The predicted molar refractivity (Wildman–Crippen MR) is 63.2 cm³/mol. The predicted octanol–water partition coefficient (Wildman–Crippen LogP) is -0.0351. The summed E-state index contributed by atoms with van der Waals surface area (Å²) in [7, 11) is 2.55. The molecule has 0 heterocycles. The van der Waals surface area contributed by atoms with Crippen LogP contribution in [-0.2, 0) is 13.3 Å². The third-order valence-electron chi connectivity index (χ3n) is 2.09. The molecule has 0 spiro atoms. The lowest BCUT2D eigenvalue weighted by Gasteiger charge is -2.24. The van der Waals surface area contributed by atoms with Crippen molar-refractivity contribution in [3.63, 3.8) is 0 Å². The van der Waals surface area contributed by atoms with Gasteiger partial charge in [0.2, 0.25) is 0 Å². The van der Waals surface area contributed by atoms with Crippen molar-refractivity contribution in [2.45, 2.75) is 12.5 Å². The van der Waals surface area contributed by atoms with E-state index in [-0.39, 0.29) is 6.15 Å².